The number of anilines is 1. The summed E-state index contributed by atoms with van der Waals surface area (Å²) in [7, 11) is 1.61. The Labute approximate surface area is 185 Å². The van der Waals surface area contributed by atoms with Crippen LogP contribution >= 0.6 is 0 Å². The molecule has 0 unspecified atom stereocenters. The molecule has 4 rings (SSSR count). The van der Waals surface area contributed by atoms with Gasteiger partial charge in [-0.3, -0.25) is 4.79 Å². The highest BCUT2D eigenvalue weighted by molar-refractivity contribution is 5.94. The summed E-state index contributed by atoms with van der Waals surface area (Å²) < 4.78 is 24.9. The standard InChI is InChI=1S/C24H21FN4O3/c1-31-18-9-6-17(7-10-18)8-11-22-27-21(16-26)24(32-22)29-14-12-28(13-15-29)23(30)19-4-2-3-5-20(19)25/h2-11H,12-15H2,1H3/b11-8+. The summed E-state index contributed by atoms with van der Waals surface area (Å²) in [6.07, 6.45) is 3.53. The molecule has 7 nitrogen and oxygen atoms in total. The molecule has 0 atom stereocenters. The van der Waals surface area contributed by atoms with Crippen LogP contribution < -0.4 is 9.64 Å². The highest BCUT2D eigenvalue weighted by Gasteiger charge is 2.27. The first-order valence-electron chi connectivity index (χ1n) is 10.1. The van der Waals surface area contributed by atoms with Gasteiger partial charge >= 0.3 is 0 Å². The molecule has 0 N–H and O–H groups in total. The average molecular weight is 432 g/mol. The number of aromatic nitrogens is 1. The van der Waals surface area contributed by atoms with E-state index in [1.54, 1.807) is 30.2 Å². The highest BCUT2D eigenvalue weighted by atomic mass is 19.1. The van der Waals surface area contributed by atoms with Crippen molar-refractivity contribution in [3.05, 3.63) is 77.1 Å². The first kappa shape index (κ1) is 21.1. The lowest BCUT2D eigenvalue weighted by Crippen LogP contribution is -2.49. The van der Waals surface area contributed by atoms with Crippen LogP contribution in [0, 0.1) is 17.1 Å². The minimum atomic E-state index is -0.532. The first-order chi connectivity index (χ1) is 15.6. The lowest BCUT2D eigenvalue weighted by atomic mass is 10.1. The number of benzene rings is 2. The van der Waals surface area contributed by atoms with Gasteiger partial charge in [-0.1, -0.05) is 24.3 Å². The smallest absolute Gasteiger partial charge is 0.256 e. The number of hydrogen-bond acceptors (Lipinski definition) is 6. The van der Waals surface area contributed by atoms with Crippen LogP contribution in [0.5, 0.6) is 5.75 Å². The number of oxazole rings is 1. The summed E-state index contributed by atoms with van der Waals surface area (Å²) in [5, 5.41) is 9.48. The topological polar surface area (TPSA) is 82.6 Å². The molecule has 1 aromatic heterocycles. The van der Waals surface area contributed by atoms with E-state index >= 15 is 0 Å². The van der Waals surface area contributed by atoms with Crippen LogP contribution in [0.4, 0.5) is 10.3 Å². The van der Waals surface area contributed by atoms with Crippen molar-refractivity contribution >= 4 is 23.9 Å². The second-order valence-electron chi connectivity index (χ2n) is 7.18. The molecule has 1 fully saturated rings. The SMILES string of the molecule is COc1ccc(/C=C/c2nc(C#N)c(N3CCN(C(=O)c4ccccc4F)CC3)o2)cc1. The van der Waals surface area contributed by atoms with Crippen LogP contribution in [0.3, 0.4) is 0 Å². The van der Waals surface area contributed by atoms with E-state index in [1.165, 1.54) is 12.1 Å². The Bertz CT molecular complexity index is 1170. The molecule has 0 bridgehead atoms. The molecule has 1 saturated heterocycles. The fraction of sp³-hybridized carbons (Fsp3) is 0.208. The summed E-state index contributed by atoms with van der Waals surface area (Å²) in [4.78, 5) is 20.3. The Morgan fingerprint density at radius 3 is 2.50 bits per heavy atom. The number of piperazine rings is 1. The molecule has 32 heavy (non-hydrogen) atoms. The maximum absolute atomic E-state index is 13.9. The lowest BCUT2D eigenvalue weighted by Gasteiger charge is -2.34. The molecule has 1 amide bonds. The van der Waals surface area contributed by atoms with Gasteiger partial charge in [-0.2, -0.15) is 10.2 Å². The predicted molar refractivity (Wildman–Crippen MR) is 118 cm³/mol. The van der Waals surface area contributed by atoms with Crippen molar-refractivity contribution < 1.29 is 18.3 Å². The van der Waals surface area contributed by atoms with Crippen LogP contribution in [0.15, 0.2) is 52.9 Å². The largest absolute Gasteiger partial charge is 0.497 e. The second-order valence-corrected chi connectivity index (χ2v) is 7.18. The van der Waals surface area contributed by atoms with E-state index < -0.39 is 5.82 Å². The van der Waals surface area contributed by atoms with Crippen LogP contribution in [0.2, 0.25) is 0 Å². The van der Waals surface area contributed by atoms with Crippen molar-refractivity contribution in [2.45, 2.75) is 0 Å². The molecule has 0 aliphatic carbocycles. The molecule has 3 aromatic rings. The molecule has 8 heteroatoms. The number of halogens is 1. The zero-order valence-corrected chi connectivity index (χ0v) is 17.5. The van der Waals surface area contributed by atoms with E-state index in [0.29, 0.717) is 38.0 Å². The lowest BCUT2D eigenvalue weighted by molar-refractivity contribution is 0.0740. The number of nitrogens with zero attached hydrogens (tertiary/aromatic N) is 4. The third kappa shape index (κ3) is 4.47. The molecule has 1 aliphatic heterocycles. The molecular formula is C24H21FN4O3. The number of carbonyl (C=O) groups excluding carboxylic acids is 1. The minimum absolute atomic E-state index is 0.0595. The van der Waals surface area contributed by atoms with E-state index in [1.807, 2.05) is 35.2 Å². The molecule has 0 saturated carbocycles. The van der Waals surface area contributed by atoms with Gasteiger partial charge in [0.05, 0.1) is 12.7 Å². The zero-order chi connectivity index (χ0) is 22.5. The first-order valence-corrected chi connectivity index (χ1v) is 10.1. The second kappa shape index (κ2) is 9.35. The molecule has 2 heterocycles. The maximum Gasteiger partial charge on any atom is 0.256 e. The van der Waals surface area contributed by atoms with Gasteiger partial charge in [-0.05, 0) is 35.9 Å². The monoisotopic (exact) mass is 432 g/mol. The molecule has 0 spiro atoms. The Morgan fingerprint density at radius 2 is 1.84 bits per heavy atom. The summed E-state index contributed by atoms with van der Waals surface area (Å²) in [5.41, 5.74) is 1.18. The Hall–Kier alpha value is -4.12. The number of carbonyl (C=O) groups is 1. The van der Waals surface area contributed by atoms with E-state index in [-0.39, 0.29) is 17.2 Å². The number of nitriles is 1. The molecular weight excluding hydrogens is 411 g/mol. The Balaban J connectivity index is 1.44. The van der Waals surface area contributed by atoms with Crippen LogP contribution in [-0.2, 0) is 0 Å². The van der Waals surface area contributed by atoms with Gasteiger partial charge in [-0.25, -0.2) is 4.39 Å². The molecule has 162 valence electrons. The number of ether oxygens (including phenoxy) is 1. The fourth-order valence-corrected chi connectivity index (χ4v) is 3.49. The van der Waals surface area contributed by atoms with Gasteiger partial charge in [-0.15, -0.1) is 0 Å². The van der Waals surface area contributed by atoms with Crippen molar-refractivity contribution in [2.75, 3.05) is 38.2 Å². The van der Waals surface area contributed by atoms with Gasteiger partial charge in [0.25, 0.3) is 5.91 Å². The quantitative estimate of drug-likeness (QED) is 0.610. The van der Waals surface area contributed by atoms with E-state index in [2.05, 4.69) is 11.1 Å². The Kier molecular flexibility index (Phi) is 6.17. The average Bonchev–Trinajstić information content (AvgIpc) is 3.26. The van der Waals surface area contributed by atoms with Crippen molar-refractivity contribution in [1.82, 2.24) is 9.88 Å². The summed E-state index contributed by atoms with van der Waals surface area (Å²) in [6, 6.07) is 15.5. The van der Waals surface area contributed by atoms with Gasteiger partial charge in [0.1, 0.15) is 17.6 Å². The number of hydrogen-bond donors (Lipinski definition) is 0. The minimum Gasteiger partial charge on any atom is -0.497 e. The summed E-state index contributed by atoms with van der Waals surface area (Å²) >= 11 is 0. The van der Waals surface area contributed by atoms with Gasteiger partial charge in [0.2, 0.25) is 17.5 Å². The van der Waals surface area contributed by atoms with Crippen molar-refractivity contribution in [2.24, 2.45) is 0 Å². The molecule has 1 aliphatic rings. The van der Waals surface area contributed by atoms with Crippen molar-refractivity contribution in [1.29, 1.82) is 5.26 Å². The zero-order valence-electron chi connectivity index (χ0n) is 17.5. The van der Waals surface area contributed by atoms with Crippen LogP contribution in [-0.4, -0.2) is 49.1 Å². The third-order valence-electron chi connectivity index (χ3n) is 5.22. The van der Waals surface area contributed by atoms with Crippen molar-refractivity contribution in [3.63, 3.8) is 0 Å². The van der Waals surface area contributed by atoms with E-state index in [9.17, 15) is 14.4 Å². The van der Waals surface area contributed by atoms with Crippen LogP contribution in [0.1, 0.15) is 27.5 Å². The maximum atomic E-state index is 13.9. The number of methoxy groups -OCH3 is 1. The van der Waals surface area contributed by atoms with Gasteiger partial charge in [0.15, 0.2) is 0 Å². The highest BCUT2D eigenvalue weighted by Crippen LogP contribution is 2.25. The van der Waals surface area contributed by atoms with Gasteiger partial charge in [0, 0.05) is 32.3 Å². The molecule has 2 aromatic carbocycles. The fourth-order valence-electron chi connectivity index (χ4n) is 3.49. The number of amides is 1. The van der Waals surface area contributed by atoms with E-state index in [0.717, 1.165) is 11.3 Å². The van der Waals surface area contributed by atoms with Crippen molar-refractivity contribution in [3.8, 4) is 11.8 Å². The number of rotatable bonds is 5. The summed E-state index contributed by atoms with van der Waals surface area (Å²) in [5.74, 6) is 0.580. The van der Waals surface area contributed by atoms with Gasteiger partial charge < -0.3 is 19.0 Å². The Morgan fingerprint density at radius 1 is 1.12 bits per heavy atom. The third-order valence-corrected chi connectivity index (χ3v) is 5.22. The normalized spacial score (nSPS) is 13.9. The molecule has 0 radical (unpaired) electrons. The van der Waals surface area contributed by atoms with E-state index in [4.69, 9.17) is 9.15 Å². The summed E-state index contributed by atoms with van der Waals surface area (Å²) in [6.45, 7) is 1.67. The van der Waals surface area contributed by atoms with Crippen LogP contribution in [0.25, 0.3) is 12.2 Å². The predicted octanol–water partition coefficient (Wildman–Crippen LogP) is 3.83.